The van der Waals surface area contributed by atoms with Crippen LogP contribution in [0.5, 0.6) is 0 Å². The van der Waals surface area contributed by atoms with Gasteiger partial charge < -0.3 is 5.32 Å². The first-order chi connectivity index (χ1) is 8.66. The lowest BCUT2D eigenvalue weighted by molar-refractivity contribution is 0.0921. The highest BCUT2D eigenvalue weighted by Gasteiger charge is 2.21. The predicted octanol–water partition coefficient (Wildman–Crippen LogP) is 3.52. The van der Waals surface area contributed by atoms with E-state index in [4.69, 9.17) is 0 Å². The maximum absolute atomic E-state index is 12.8. The highest BCUT2D eigenvalue weighted by Crippen LogP contribution is 2.23. The van der Waals surface area contributed by atoms with Crippen LogP contribution in [0, 0.1) is 11.7 Å². The van der Waals surface area contributed by atoms with Gasteiger partial charge in [0.25, 0.3) is 5.91 Å². The van der Waals surface area contributed by atoms with Crippen molar-refractivity contribution in [2.24, 2.45) is 5.92 Å². The molecule has 2 atom stereocenters. The summed E-state index contributed by atoms with van der Waals surface area (Å²) in [6.45, 7) is 2.20. The summed E-state index contributed by atoms with van der Waals surface area (Å²) >= 11 is 0. The topological polar surface area (TPSA) is 29.1 Å². The van der Waals surface area contributed by atoms with E-state index in [-0.39, 0.29) is 17.8 Å². The van der Waals surface area contributed by atoms with E-state index in [2.05, 4.69) is 12.2 Å². The lowest BCUT2D eigenvalue weighted by Crippen LogP contribution is -2.38. The number of carbonyl (C=O) groups is 1. The monoisotopic (exact) mass is 249 g/mol. The molecule has 0 bridgehead atoms. The summed E-state index contributed by atoms with van der Waals surface area (Å²) in [5, 5.41) is 3.08. The van der Waals surface area contributed by atoms with E-state index in [0.29, 0.717) is 11.5 Å². The Morgan fingerprint density at radius 3 is 2.56 bits per heavy atom. The van der Waals surface area contributed by atoms with E-state index in [9.17, 15) is 9.18 Å². The Morgan fingerprint density at radius 2 is 1.83 bits per heavy atom. The Kier molecular flexibility index (Phi) is 4.34. The molecule has 1 saturated carbocycles. The van der Waals surface area contributed by atoms with Crippen molar-refractivity contribution in [2.45, 2.75) is 45.1 Å². The van der Waals surface area contributed by atoms with Gasteiger partial charge >= 0.3 is 0 Å². The van der Waals surface area contributed by atoms with Crippen molar-refractivity contribution in [1.82, 2.24) is 5.32 Å². The quantitative estimate of drug-likeness (QED) is 0.798. The summed E-state index contributed by atoms with van der Waals surface area (Å²) in [5.74, 6) is 0.125. The molecule has 1 fully saturated rings. The van der Waals surface area contributed by atoms with Gasteiger partial charge in [-0.05, 0) is 43.0 Å². The van der Waals surface area contributed by atoms with Crippen LogP contribution in [-0.2, 0) is 0 Å². The van der Waals surface area contributed by atoms with Gasteiger partial charge in [-0.25, -0.2) is 4.39 Å². The Morgan fingerprint density at radius 1 is 1.17 bits per heavy atom. The molecule has 1 aliphatic carbocycles. The molecule has 18 heavy (non-hydrogen) atoms. The van der Waals surface area contributed by atoms with Crippen LogP contribution >= 0.6 is 0 Å². The van der Waals surface area contributed by atoms with Crippen molar-refractivity contribution < 1.29 is 9.18 Å². The van der Waals surface area contributed by atoms with Crippen molar-refractivity contribution in [1.29, 1.82) is 0 Å². The van der Waals surface area contributed by atoms with E-state index >= 15 is 0 Å². The summed E-state index contributed by atoms with van der Waals surface area (Å²) in [7, 11) is 0. The third kappa shape index (κ3) is 3.31. The van der Waals surface area contributed by atoms with Crippen LogP contribution in [0.25, 0.3) is 0 Å². The van der Waals surface area contributed by atoms with Crippen LogP contribution in [0.3, 0.4) is 0 Å². The number of amides is 1. The van der Waals surface area contributed by atoms with Gasteiger partial charge in [-0.2, -0.15) is 0 Å². The van der Waals surface area contributed by atoms with E-state index in [1.165, 1.54) is 49.9 Å². The number of benzene rings is 1. The lowest BCUT2D eigenvalue weighted by Gasteiger charge is -2.22. The summed E-state index contributed by atoms with van der Waals surface area (Å²) in [6.07, 6.45) is 5.92. The molecule has 2 rings (SSSR count). The maximum Gasteiger partial charge on any atom is 0.251 e. The molecule has 0 saturated heterocycles. The van der Waals surface area contributed by atoms with Crippen LogP contribution < -0.4 is 5.32 Å². The van der Waals surface area contributed by atoms with Gasteiger partial charge in [0.15, 0.2) is 0 Å². The summed E-state index contributed by atoms with van der Waals surface area (Å²) in [5.41, 5.74) is 0.535. The molecule has 1 amide bonds. The van der Waals surface area contributed by atoms with Crippen LogP contribution in [0.4, 0.5) is 4.39 Å². The second-order valence-corrected chi connectivity index (χ2v) is 5.20. The molecule has 0 spiro atoms. The molecular formula is C15H20FNO. The molecule has 0 radical (unpaired) electrons. The van der Waals surface area contributed by atoms with Crippen molar-refractivity contribution in [2.75, 3.05) is 0 Å². The van der Waals surface area contributed by atoms with Crippen LogP contribution in [0.1, 0.15) is 49.4 Å². The fraction of sp³-hybridized carbons (Fsp3) is 0.533. The Balaban J connectivity index is 1.99. The second-order valence-electron chi connectivity index (χ2n) is 5.20. The number of carbonyl (C=O) groups excluding carboxylic acids is 1. The van der Waals surface area contributed by atoms with Crippen LogP contribution in [0.15, 0.2) is 24.3 Å². The highest BCUT2D eigenvalue weighted by molar-refractivity contribution is 5.94. The Bertz CT molecular complexity index is 401. The first kappa shape index (κ1) is 13.1. The van der Waals surface area contributed by atoms with Gasteiger partial charge in [0.1, 0.15) is 5.82 Å². The molecule has 0 aliphatic heterocycles. The number of hydrogen-bond donors (Lipinski definition) is 1. The average molecular weight is 249 g/mol. The summed E-state index contributed by atoms with van der Waals surface area (Å²) < 4.78 is 12.8. The van der Waals surface area contributed by atoms with E-state index in [0.717, 1.165) is 6.42 Å². The molecule has 98 valence electrons. The van der Waals surface area contributed by atoms with Gasteiger partial charge in [0.2, 0.25) is 0 Å². The molecule has 2 unspecified atom stereocenters. The summed E-state index contributed by atoms with van der Waals surface area (Å²) in [4.78, 5) is 12.0. The van der Waals surface area contributed by atoms with E-state index in [1.807, 2.05) is 0 Å². The van der Waals surface area contributed by atoms with Crippen molar-refractivity contribution in [3.63, 3.8) is 0 Å². The van der Waals surface area contributed by atoms with Crippen LogP contribution in [-0.4, -0.2) is 11.9 Å². The Hall–Kier alpha value is -1.38. The number of rotatable bonds is 2. The molecule has 2 nitrogen and oxygen atoms in total. The third-order valence-corrected chi connectivity index (χ3v) is 3.78. The lowest BCUT2D eigenvalue weighted by atomic mass is 9.96. The van der Waals surface area contributed by atoms with Crippen molar-refractivity contribution in [3.05, 3.63) is 35.6 Å². The highest BCUT2D eigenvalue weighted by atomic mass is 19.1. The zero-order chi connectivity index (χ0) is 13.0. The standard InChI is InChI=1S/C15H20FNO/c1-11-5-3-2-4-6-14(11)17-15(18)12-7-9-13(16)10-8-12/h7-11,14H,2-6H2,1H3,(H,17,18). The minimum Gasteiger partial charge on any atom is -0.349 e. The average Bonchev–Trinajstić information content (AvgIpc) is 2.56. The molecular weight excluding hydrogens is 229 g/mol. The predicted molar refractivity (Wildman–Crippen MR) is 69.9 cm³/mol. The fourth-order valence-corrected chi connectivity index (χ4v) is 2.56. The zero-order valence-electron chi connectivity index (χ0n) is 10.8. The molecule has 1 N–H and O–H groups in total. The minimum absolute atomic E-state index is 0.0891. The van der Waals surface area contributed by atoms with Gasteiger partial charge in [0.05, 0.1) is 0 Å². The fourth-order valence-electron chi connectivity index (χ4n) is 2.56. The molecule has 1 aromatic carbocycles. The smallest absolute Gasteiger partial charge is 0.251 e. The van der Waals surface area contributed by atoms with Crippen molar-refractivity contribution >= 4 is 5.91 Å². The molecule has 1 aromatic rings. The third-order valence-electron chi connectivity index (χ3n) is 3.78. The first-order valence-electron chi connectivity index (χ1n) is 6.73. The largest absolute Gasteiger partial charge is 0.349 e. The zero-order valence-corrected chi connectivity index (χ0v) is 10.8. The van der Waals surface area contributed by atoms with E-state index in [1.54, 1.807) is 0 Å². The number of hydrogen-bond acceptors (Lipinski definition) is 1. The van der Waals surface area contributed by atoms with E-state index < -0.39 is 0 Å². The molecule has 1 aliphatic rings. The van der Waals surface area contributed by atoms with Gasteiger partial charge in [0, 0.05) is 11.6 Å². The SMILES string of the molecule is CC1CCCCCC1NC(=O)c1ccc(F)cc1. The van der Waals surface area contributed by atoms with Crippen LogP contribution in [0.2, 0.25) is 0 Å². The van der Waals surface area contributed by atoms with Crippen molar-refractivity contribution in [3.8, 4) is 0 Å². The second kappa shape index (κ2) is 5.98. The van der Waals surface area contributed by atoms with Gasteiger partial charge in [-0.3, -0.25) is 4.79 Å². The molecule has 3 heteroatoms. The van der Waals surface area contributed by atoms with Gasteiger partial charge in [-0.15, -0.1) is 0 Å². The minimum atomic E-state index is -0.311. The number of nitrogens with one attached hydrogen (secondary N) is 1. The maximum atomic E-state index is 12.8. The normalized spacial score (nSPS) is 24.3. The first-order valence-corrected chi connectivity index (χ1v) is 6.73. The summed E-state index contributed by atoms with van der Waals surface area (Å²) in [6, 6.07) is 5.97. The molecule has 0 heterocycles. The molecule has 0 aromatic heterocycles. The van der Waals surface area contributed by atoms with Gasteiger partial charge in [-0.1, -0.05) is 26.2 Å². The Labute approximate surface area is 108 Å². The number of halogens is 1.